The van der Waals surface area contributed by atoms with Crippen molar-refractivity contribution in [2.45, 2.75) is 18.8 Å². The lowest BCUT2D eigenvalue weighted by atomic mass is 10.1. The van der Waals surface area contributed by atoms with E-state index in [2.05, 4.69) is 4.98 Å². The number of hydrogen-bond donors (Lipinski definition) is 2. The van der Waals surface area contributed by atoms with Gasteiger partial charge in [0.2, 0.25) is 0 Å². The van der Waals surface area contributed by atoms with Gasteiger partial charge in [-0.3, -0.25) is 4.79 Å². The number of thiazole rings is 1. The third-order valence-electron chi connectivity index (χ3n) is 2.99. The van der Waals surface area contributed by atoms with Crippen LogP contribution in [0.5, 0.6) is 0 Å². The average molecular weight is 420 g/mol. The molecule has 2 aromatic rings. The van der Waals surface area contributed by atoms with Crippen LogP contribution in [-0.2, 0) is 18.8 Å². The van der Waals surface area contributed by atoms with Crippen LogP contribution in [0.4, 0.5) is 32.0 Å². The second-order valence-corrected chi connectivity index (χ2v) is 5.86. The Bertz CT molecular complexity index is 743. The van der Waals surface area contributed by atoms with Gasteiger partial charge in [0.05, 0.1) is 16.1 Å². The predicted molar refractivity (Wildman–Crippen MR) is 86.5 cm³/mol. The lowest BCUT2D eigenvalue weighted by Gasteiger charge is -2.14. The van der Waals surface area contributed by atoms with E-state index in [-0.39, 0.29) is 30.7 Å². The van der Waals surface area contributed by atoms with Crippen molar-refractivity contribution in [1.29, 1.82) is 0 Å². The van der Waals surface area contributed by atoms with Crippen molar-refractivity contribution in [2.75, 3.05) is 11.9 Å². The summed E-state index contributed by atoms with van der Waals surface area (Å²) in [6, 6.07) is 0.846. The zero-order valence-electron chi connectivity index (χ0n) is 12.7. The summed E-state index contributed by atoms with van der Waals surface area (Å²) in [6.07, 6.45) is -9.58. The maximum Gasteiger partial charge on any atom is 0.416 e. The van der Waals surface area contributed by atoms with Gasteiger partial charge < -0.3 is 11.1 Å². The van der Waals surface area contributed by atoms with Crippen LogP contribution in [0.2, 0.25) is 0 Å². The number of benzene rings is 1. The second kappa shape index (κ2) is 8.23. The first-order valence-electron chi connectivity index (χ1n) is 6.76. The minimum atomic E-state index is -4.99. The molecule has 0 unspecified atom stereocenters. The zero-order chi connectivity index (χ0) is 18.8. The van der Waals surface area contributed by atoms with Gasteiger partial charge in [-0.15, -0.1) is 23.7 Å². The normalized spacial score (nSPS) is 11.8. The number of anilines is 1. The van der Waals surface area contributed by atoms with Crippen LogP contribution in [0.25, 0.3) is 0 Å². The summed E-state index contributed by atoms with van der Waals surface area (Å²) in [6.45, 7) is 0.289. The molecule has 0 bridgehead atoms. The lowest BCUT2D eigenvalue weighted by molar-refractivity contribution is -0.143. The highest BCUT2D eigenvalue weighted by Crippen LogP contribution is 2.37. The van der Waals surface area contributed by atoms with Gasteiger partial charge in [0.15, 0.2) is 0 Å². The van der Waals surface area contributed by atoms with Crippen molar-refractivity contribution in [3.05, 3.63) is 45.4 Å². The van der Waals surface area contributed by atoms with E-state index >= 15 is 0 Å². The molecule has 26 heavy (non-hydrogen) atoms. The smallest absolute Gasteiger partial charge is 0.330 e. The Kier molecular flexibility index (Phi) is 7.02. The summed E-state index contributed by atoms with van der Waals surface area (Å²) in [4.78, 5) is 15.9. The maximum absolute atomic E-state index is 12.8. The molecule has 1 aromatic carbocycles. The molecule has 0 aliphatic heterocycles. The number of hydrogen-bond acceptors (Lipinski definition) is 4. The van der Waals surface area contributed by atoms with E-state index < -0.39 is 35.1 Å². The van der Waals surface area contributed by atoms with Gasteiger partial charge >= 0.3 is 12.4 Å². The van der Waals surface area contributed by atoms with Gasteiger partial charge in [0.1, 0.15) is 5.69 Å². The SMILES string of the molecule is Cl.NCCc1nc(C(=O)Nc2cc(C(F)(F)F)cc(C(F)(F)F)c2)cs1. The molecule has 4 nitrogen and oxygen atoms in total. The molecule has 0 fully saturated rings. The largest absolute Gasteiger partial charge is 0.416 e. The molecule has 0 aliphatic carbocycles. The number of carbonyl (C=O) groups is 1. The standard InChI is InChI=1S/C14H11F6N3OS.ClH/c15-13(16,17)7-3-8(14(18,19)20)5-9(4-7)22-12(24)10-6-25-11(23-10)1-2-21;/h3-6H,1-2,21H2,(H,22,24);1H. The number of nitrogens with zero attached hydrogens (tertiary/aromatic N) is 1. The van der Waals surface area contributed by atoms with Crippen LogP contribution in [0.3, 0.4) is 0 Å². The number of aromatic nitrogens is 1. The zero-order valence-corrected chi connectivity index (χ0v) is 14.4. The Labute approximate surface area is 153 Å². The molecule has 2 rings (SSSR count). The number of alkyl halides is 6. The summed E-state index contributed by atoms with van der Waals surface area (Å²) in [5.41, 5.74) is 1.57. The fourth-order valence-electron chi connectivity index (χ4n) is 1.88. The number of nitrogens with one attached hydrogen (secondary N) is 1. The number of halogens is 7. The van der Waals surface area contributed by atoms with E-state index in [4.69, 9.17) is 5.73 Å². The van der Waals surface area contributed by atoms with E-state index in [9.17, 15) is 31.1 Å². The molecule has 0 saturated carbocycles. The van der Waals surface area contributed by atoms with Gasteiger partial charge in [0, 0.05) is 17.5 Å². The van der Waals surface area contributed by atoms with Crippen molar-refractivity contribution in [2.24, 2.45) is 5.73 Å². The predicted octanol–water partition coefficient (Wildman–Crippen LogP) is 4.36. The quantitative estimate of drug-likeness (QED) is 0.724. The Morgan fingerprint density at radius 2 is 1.62 bits per heavy atom. The third kappa shape index (κ3) is 5.58. The van der Waals surface area contributed by atoms with E-state index in [0.717, 1.165) is 11.3 Å². The molecule has 0 atom stereocenters. The number of nitrogens with two attached hydrogens (primary N) is 1. The molecular weight excluding hydrogens is 408 g/mol. The Morgan fingerprint density at radius 1 is 1.08 bits per heavy atom. The van der Waals surface area contributed by atoms with Crippen LogP contribution in [-0.4, -0.2) is 17.4 Å². The highest BCUT2D eigenvalue weighted by atomic mass is 35.5. The van der Waals surface area contributed by atoms with Gasteiger partial charge in [-0.05, 0) is 24.7 Å². The van der Waals surface area contributed by atoms with E-state index in [1.54, 1.807) is 0 Å². The van der Waals surface area contributed by atoms with Crippen molar-refractivity contribution < 1.29 is 31.1 Å². The lowest BCUT2D eigenvalue weighted by Crippen LogP contribution is -2.16. The molecule has 0 saturated heterocycles. The molecule has 3 N–H and O–H groups in total. The van der Waals surface area contributed by atoms with Gasteiger partial charge in [-0.1, -0.05) is 0 Å². The van der Waals surface area contributed by atoms with E-state index in [1.165, 1.54) is 5.38 Å². The first-order chi connectivity index (χ1) is 11.5. The Balaban J connectivity index is 0.00000338. The van der Waals surface area contributed by atoms with Gasteiger partial charge in [-0.2, -0.15) is 26.3 Å². The fraction of sp³-hybridized carbons (Fsp3) is 0.286. The number of carbonyl (C=O) groups excluding carboxylic acids is 1. The molecular formula is C14H12ClF6N3OS. The Morgan fingerprint density at radius 3 is 2.08 bits per heavy atom. The highest BCUT2D eigenvalue weighted by molar-refractivity contribution is 7.09. The van der Waals surface area contributed by atoms with Crippen molar-refractivity contribution in [3.8, 4) is 0 Å². The molecule has 12 heteroatoms. The average Bonchev–Trinajstić information content (AvgIpc) is 2.94. The molecule has 144 valence electrons. The minimum absolute atomic E-state index is 0. The summed E-state index contributed by atoms with van der Waals surface area (Å²) in [5.74, 6) is -0.910. The van der Waals surface area contributed by atoms with Crippen LogP contribution >= 0.6 is 23.7 Å². The third-order valence-corrected chi connectivity index (χ3v) is 3.90. The molecule has 0 radical (unpaired) electrons. The summed E-state index contributed by atoms with van der Waals surface area (Å²) >= 11 is 1.12. The monoisotopic (exact) mass is 419 g/mol. The van der Waals surface area contributed by atoms with Crippen molar-refractivity contribution in [1.82, 2.24) is 4.98 Å². The number of rotatable bonds is 4. The Hall–Kier alpha value is -1.85. The number of amides is 1. The second-order valence-electron chi connectivity index (χ2n) is 4.91. The summed E-state index contributed by atoms with van der Waals surface area (Å²) < 4.78 is 76.7. The van der Waals surface area contributed by atoms with Crippen molar-refractivity contribution >= 4 is 35.3 Å². The highest BCUT2D eigenvalue weighted by Gasteiger charge is 2.37. The molecule has 0 aliphatic rings. The molecule has 0 spiro atoms. The van der Waals surface area contributed by atoms with Crippen LogP contribution < -0.4 is 11.1 Å². The summed E-state index contributed by atoms with van der Waals surface area (Å²) in [5, 5.41) is 3.89. The first-order valence-corrected chi connectivity index (χ1v) is 7.64. The van der Waals surface area contributed by atoms with Crippen LogP contribution in [0.1, 0.15) is 26.6 Å². The molecule has 1 aromatic heterocycles. The molecule has 1 heterocycles. The first kappa shape index (κ1) is 22.2. The van der Waals surface area contributed by atoms with Gasteiger partial charge in [-0.25, -0.2) is 4.98 Å². The van der Waals surface area contributed by atoms with E-state index in [0.29, 0.717) is 23.6 Å². The topological polar surface area (TPSA) is 68.0 Å². The van der Waals surface area contributed by atoms with Crippen LogP contribution in [0.15, 0.2) is 23.6 Å². The van der Waals surface area contributed by atoms with Crippen molar-refractivity contribution in [3.63, 3.8) is 0 Å². The van der Waals surface area contributed by atoms with E-state index in [1.807, 2.05) is 5.32 Å². The molecule has 1 amide bonds. The summed E-state index contributed by atoms with van der Waals surface area (Å²) in [7, 11) is 0. The fourth-order valence-corrected chi connectivity index (χ4v) is 2.67. The van der Waals surface area contributed by atoms with Gasteiger partial charge in [0.25, 0.3) is 5.91 Å². The minimum Gasteiger partial charge on any atom is -0.330 e. The van der Waals surface area contributed by atoms with Crippen LogP contribution in [0, 0.1) is 0 Å². The maximum atomic E-state index is 12.8.